The second kappa shape index (κ2) is 5.43. The summed E-state index contributed by atoms with van der Waals surface area (Å²) in [5, 5.41) is 4.64. The van der Waals surface area contributed by atoms with E-state index in [0.717, 1.165) is 23.0 Å². The van der Waals surface area contributed by atoms with Crippen molar-refractivity contribution in [2.24, 2.45) is 0 Å². The monoisotopic (exact) mass is 277 g/mol. The minimum Gasteiger partial charge on any atom is -0.377 e. The first-order chi connectivity index (χ1) is 9.33. The number of aryl methyl sites for hydroxylation is 2. The van der Waals surface area contributed by atoms with E-state index in [1.807, 2.05) is 11.3 Å². The fraction of sp³-hybridized carbons (Fsp3) is 0.571. The van der Waals surface area contributed by atoms with E-state index in [1.54, 1.807) is 7.11 Å². The average Bonchev–Trinajstić information content (AvgIpc) is 2.77. The summed E-state index contributed by atoms with van der Waals surface area (Å²) >= 11 is 1.83. The van der Waals surface area contributed by atoms with Crippen LogP contribution in [0.15, 0.2) is 0 Å². The van der Waals surface area contributed by atoms with E-state index < -0.39 is 0 Å². The van der Waals surface area contributed by atoms with Crippen molar-refractivity contribution >= 4 is 27.4 Å². The third kappa shape index (κ3) is 2.32. The van der Waals surface area contributed by atoms with Gasteiger partial charge in [0.05, 0.1) is 5.39 Å². The van der Waals surface area contributed by atoms with E-state index in [-0.39, 0.29) is 0 Å². The maximum Gasteiger partial charge on any atom is 0.158 e. The second-order valence-corrected chi connectivity index (χ2v) is 5.93. The van der Waals surface area contributed by atoms with Crippen molar-refractivity contribution in [1.29, 1.82) is 0 Å². The summed E-state index contributed by atoms with van der Waals surface area (Å²) in [6, 6.07) is 0. The molecule has 0 aliphatic heterocycles. The lowest BCUT2D eigenvalue weighted by molar-refractivity contribution is 0.178. The number of nitrogens with one attached hydrogen (secondary N) is 1. The number of anilines is 1. The quantitative estimate of drug-likeness (QED) is 0.932. The van der Waals surface area contributed by atoms with Crippen molar-refractivity contribution in [3.63, 3.8) is 0 Å². The van der Waals surface area contributed by atoms with Crippen LogP contribution < -0.4 is 5.32 Å². The van der Waals surface area contributed by atoms with Crippen LogP contribution in [0.5, 0.6) is 0 Å². The molecule has 0 spiro atoms. The van der Waals surface area contributed by atoms with E-state index in [0.29, 0.717) is 6.61 Å². The molecule has 2 aromatic heterocycles. The highest BCUT2D eigenvalue weighted by molar-refractivity contribution is 7.19. The van der Waals surface area contributed by atoms with Gasteiger partial charge < -0.3 is 10.1 Å². The third-order valence-electron chi connectivity index (χ3n) is 3.48. The van der Waals surface area contributed by atoms with Gasteiger partial charge in [0.1, 0.15) is 17.3 Å². The zero-order valence-electron chi connectivity index (χ0n) is 11.5. The fourth-order valence-corrected chi connectivity index (χ4v) is 3.97. The molecule has 5 heteroatoms. The molecular weight excluding hydrogens is 258 g/mol. The minimum atomic E-state index is 0.469. The first kappa shape index (κ1) is 12.8. The number of fused-ring (bicyclic) bond motifs is 3. The number of rotatable bonds is 4. The second-order valence-electron chi connectivity index (χ2n) is 4.84. The molecule has 2 aromatic rings. The molecule has 1 aliphatic carbocycles. The number of aromatic nitrogens is 2. The summed E-state index contributed by atoms with van der Waals surface area (Å²) < 4.78 is 5.16. The van der Waals surface area contributed by atoms with Gasteiger partial charge in [-0.25, -0.2) is 9.97 Å². The summed E-state index contributed by atoms with van der Waals surface area (Å²) in [6.07, 6.45) is 4.95. The summed E-state index contributed by atoms with van der Waals surface area (Å²) in [5.41, 5.74) is 1.48. The Morgan fingerprint density at radius 3 is 2.89 bits per heavy atom. The Balaban J connectivity index is 2.18. The molecule has 1 N–H and O–H groups in total. The predicted molar refractivity (Wildman–Crippen MR) is 78.9 cm³/mol. The molecule has 0 saturated heterocycles. The maximum absolute atomic E-state index is 5.16. The lowest BCUT2D eigenvalue weighted by Gasteiger charge is -2.12. The highest BCUT2D eigenvalue weighted by Crippen LogP contribution is 2.38. The van der Waals surface area contributed by atoms with Crippen molar-refractivity contribution in [3.05, 3.63) is 16.3 Å². The maximum atomic E-state index is 5.16. The van der Waals surface area contributed by atoms with Crippen molar-refractivity contribution in [2.75, 3.05) is 19.0 Å². The van der Waals surface area contributed by atoms with Crippen LogP contribution in [0.1, 0.15) is 36.0 Å². The largest absolute Gasteiger partial charge is 0.377 e. The summed E-state index contributed by atoms with van der Waals surface area (Å²) in [7, 11) is 1.68. The molecule has 0 aromatic carbocycles. The number of hydrogen-bond donors (Lipinski definition) is 1. The first-order valence-electron chi connectivity index (χ1n) is 6.87. The van der Waals surface area contributed by atoms with Crippen LogP contribution in [0.25, 0.3) is 10.2 Å². The van der Waals surface area contributed by atoms with Gasteiger partial charge in [-0.2, -0.15) is 0 Å². The van der Waals surface area contributed by atoms with Gasteiger partial charge in [0.2, 0.25) is 0 Å². The highest BCUT2D eigenvalue weighted by atomic mass is 32.1. The van der Waals surface area contributed by atoms with Crippen LogP contribution in [-0.2, 0) is 24.2 Å². The molecule has 1 aliphatic rings. The third-order valence-corrected chi connectivity index (χ3v) is 4.66. The average molecular weight is 277 g/mol. The smallest absolute Gasteiger partial charge is 0.158 e. The Morgan fingerprint density at radius 1 is 1.26 bits per heavy atom. The Hall–Kier alpha value is -1.20. The number of thiophene rings is 1. The van der Waals surface area contributed by atoms with Gasteiger partial charge in [0, 0.05) is 18.5 Å². The SMILES string of the molecule is CCNc1nc(COC)nc2sc3c(c12)CCCC3. The highest BCUT2D eigenvalue weighted by Gasteiger charge is 2.20. The number of methoxy groups -OCH3 is 1. The van der Waals surface area contributed by atoms with Gasteiger partial charge in [-0.3, -0.25) is 0 Å². The Bertz CT molecular complexity index is 594. The molecule has 0 radical (unpaired) electrons. The molecule has 0 saturated carbocycles. The molecule has 102 valence electrons. The molecular formula is C14H19N3OS. The lowest BCUT2D eigenvalue weighted by Crippen LogP contribution is -2.06. The van der Waals surface area contributed by atoms with Gasteiger partial charge in [-0.15, -0.1) is 11.3 Å². The van der Waals surface area contributed by atoms with Gasteiger partial charge in [-0.1, -0.05) is 0 Å². The van der Waals surface area contributed by atoms with Crippen molar-refractivity contribution in [1.82, 2.24) is 9.97 Å². The van der Waals surface area contributed by atoms with Crippen LogP contribution in [-0.4, -0.2) is 23.6 Å². The van der Waals surface area contributed by atoms with Gasteiger partial charge in [-0.05, 0) is 38.2 Å². The molecule has 2 heterocycles. The molecule has 19 heavy (non-hydrogen) atoms. The van der Waals surface area contributed by atoms with Gasteiger partial charge in [0.15, 0.2) is 5.82 Å². The molecule has 0 unspecified atom stereocenters. The van der Waals surface area contributed by atoms with Crippen LogP contribution in [0.4, 0.5) is 5.82 Å². The first-order valence-corrected chi connectivity index (χ1v) is 7.69. The molecule has 0 atom stereocenters. The summed E-state index contributed by atoms with van der Waals surface area (Å²) in [4.78, 5) is 11.9. The van der Waals surface area contributed by atoms with Crippen molar-refractivity contribution in [3.8, 4) is 0 Å². The predicted octanol–water partition coefficient (Wildman–Crippen LogP) is 3.15. The van der Waals surface area contributed by atoms with Crippen LogP contribution in [0.2, 0.25) is 0 Å². The summed E-state index contributed by atoms with van der Waals surface area (Å²) in [6.45, 7) is 3.45. The van der Waals surface area contributed by atoms with Gasteiger partial charge in [0.25, 0.3) is 0 Å². The Kier molecular flexibility index (Phi) is 3.66. The molecule has 0 amide bonds. The fourth-order valence-electron chi connectivity index (χ4n) is 2.69. The normalized spacial score (nSPS) is 14.6. The van der Waals surface area contributed by atoms with Crippen LogP contribution in [0, 0.1) is 0 Å². The van der Waals surface area contributed by atoms with Crippen LogP contribution >= 0.6 is 11.3 Å². The number of hydrogen-bond acceptors (Lipinski definition) is 5. The van der Waals surface area contributed by atoms with Crippen LogP contribution in [0.3, 0.4) is 0 Å². The van der Waals surface area contributed by atoms with E-state index in [1.165, 1.54) is 41.5 Å². The topological polar surface area (TPSA) is 47.0 Å². The minimum absolute atomic E-state index is 0.469. The molecule has 0 bridgehead atoms. The van der Waals surface area contributed by atoms with Gasteiger partial charge >= 0.3 is 0 Å². The van der Waals surface area contributed by atoms with E-state index >= 15 is 0 Å². The van der Waals surface area contributed by atoms with E-state index in [2.05, 4.69) is 22.2 Å². The standard InChI is InChI=1S/C14H19N3OS/c1-3-15-13-12-9-6-4-5-7-10(9)19-14(12)17-11(16-13)8-18-2/h3-8H2,1-2H3,(H,15,16,17). The number of nitrogens with zero attached hydrogens (tertiary/aromatic N) is 2. The summed E-state index contributed by atoms with van der Waals surface area (Å²) in [5.74, 6) is 1.75. The zero-order valence-corrected chi connectivity index (χ0v) is 12.3. The number of ether oxygens (including phenoxy) is 1. The van der Waals surface area contributed by atoms with E-state index in [4.69, 9.17) is 4.74 Å². The van der Waals surface area contributed by atoms with Crippen molar-refractivity contribution in [2.45, 2.75) is 39.2 Å². The molecule has 4 nitrogen and oxygen atoms in total. The Morgan fingerprint density at radius 2 is 2.11 bits per heavy atom. The van der Waals surface area contributed by atoms with Crippen molar-refractivity contribution < 1.29 is 4.74 Å². The molecule has 0 fully saturated rings. The zero-order chi connectivity index (χ0) is 13.2. The van der Waals surface area contributed by atoms with E-state index in [9.17, 15) is 0 Å². The lowest BCUT2D eigenvalue weighted by atomic mass is 9.97. The molecule has 3 rings (SSSR count). The Labute approximate surface area is 117 Å².